The lowest BCUT2D eigenvalue weighted by atomic mass is 10.0. The summed E-state index contributed by atoms with van der Waals surface area (Å²) in [5.41, 5.74) is 4.32. The zero-order valence-electron chi connectivity index (χ0n) is 18.3. The maximum Gasteiger partial charge on any atom is 0.312 e. The molecule has 0 radical (unpaired) electrons. The van der Waals surface area contributed by atoms with Gasteiger partial charge in [-0.1, -0.05) is 29.8 Å². The summed E-state index contributed by atoms with van der Waals surface area (Å²) in [6, 6.07) is 13.9. The molecule has 1 saturated heterocycles. The number of rotatable bonds is 5. The second-order valence-corrected chi connectivity index (χ2v) is 7.79. The lowest BCUT2D eigenvalue weighted by molar-refractivity contribution is -0.146. The third kappa shape index (κ3) is 5.12. The number of benzene rings is 2. The standard InChI is InChI=1S/C24H31N3O3/c1-5-30-22-10-9-18(3)16-21(22)19(4)25-23(28)24(29)27-13-11-26(12-14-27)20-8-6-7-17(2)15-20/h6-10,15-16,19H,5,11-14H2,1-4H3,(H,25,28). The molecule has 1 fully saturated rings. The molecule has 6 heteroatoms. The largest absolute Gasteiger partial charge is 0.494 e. The summed E-state index contributed by atoms with van der Waals surface area (Å²) in [7, 11) is 0. The number of piperazine rings is 1. The smallest absolute Gasteiger partial charge is 0.312 e. The zero-order chi connectivity index (χ0) is 21.7. The van der Waals surface area contributed by atoms with Gasteiger partial charge in [0.15, 0.2) is 0 Å². The maximum atomic E-state index is 12.7. The highest BCUT2D eigenvalue weighted by Gasteiger charge is 2.27. The van der Waals surface area contributed by atoms with Gasteiger partial charge in [0.1, 0.15) is 5.75 Å². The average Bonchev–Trinajstić information content (AvgIpc) is 2.74. The van der Waals surface area contributed by atoms with Gasteiger partial charge in [-0.05, 0) is 51.5 Å². The van der Waals surface area contributed by atoms with Crippen molar-refractivity contribution in [1.82, 2.24) is 10.2 Å². The molecule has 0 aromatic heterocycles. The van der Waals surface area contributed by atoms with Crippen molar-refractivity contribution in [3.05, 3.63) is 59.2 Å². The van der Waals surface area contributed by atoms with E-state index >= 15 is 0 Å². The second-order valence-electron chi connectivity index (χ2n) is 7.79. The monoisotopic (exact) mass is 409 g/mol. The van der Waals surface area contributed by atoms with Crippen molar-refractivity contribution in [3.8, 4) is 5.75 Å². The molecule has 2 aromatic rings. The number of amides is 2. The van der Waals surface area contributed by atoms with Crippen LogP contribution in [0.15, 0.2) is 42.5 Å². The summed E-state index contributed by atoms with van der Waals surface area (Å²) in [6.07, 6.45) is 0. The normalized spacial score (nSPS) is 14.9. The van der Waals surface area contributed by atoms with Crippen molar-refractivity contribution < 1.29 is 14.3 Å². The van der Waals surface area contributed by atoms with E-state index in [4.69, 9.17) is 4.74 Å². The molecule has 0 saturated carbocycles. The van der Waals surface area contributed by atoms with Crippen LogP contribution >= 0.6 is 0 Å². The predicted molar refractivity (Wildman–Crippen MR) is 119 cm³/mol. The van der Waals surface area contributed by atoms with Crippen molar-refractivity contribution in [3.63, 3.8) is 0 Å². The first-order chi connectivity index (χ1) is 14.4. The van der Waals surface area contributed by atoms with E-state index in [2.05, 4.69) is 35.3 Å². The molecule has 1 aliphatic rings. The van der Waals surface area contributed by atoms with Gasteiger partial charge in [0.05, 0.1) is 12.6 Å². The summed E-state index contributed by atoms with van der Waals surface area (Å²) < 4.78 is 5.68. The predicted octanol–water partition coefficient (Wildman–Crippen LogP) is 3.23. The van der Waals surface area contributed by atoms with Crippen molar-refractivity contribution in [2.45, 2.75) is 33.7 Å². The van der Waals surface area contributed by atoms with E-state index < -0.39 is 11.8 Å². The molecule has 2 amide bonds. The highest BCUT2D eigenvalue weighted by Crippen LogP contribution is 2.26. The van der Waals surface area contributed by atoms with E-state index in [1.54, 1.807) is 4.90 Å². The molecule has 1 aliphatic heterocycles. The third-order valence-electron chi connectivity index (χ3n) is 5.41. The Morgan fingerprint density at radius 1 is 1.03 bits per heavy atom. The molecule has 1 unspecified atom stereocenters. The lowest BCUT2D eigenvalue weighted by Crippen LogP contribution is -2.53. The van der Waals surface area contributed by atoms with Gasteiger partial charge in [-0.3, -0.25) is 9.59 Å². The SMILES string of the molecule is CCOc1ccc(C)cc1C(C)NC(=O)C(=O)N1CCN(c2cccc(C)c2)CC1. The van der Waals surface area contributed by atoms with Crippen LogP contribution in [0.4, 0.5) is 5.69 Å². The van der Waals surface area contributed by atoms with Crippen molar-refractivity contribution >= 4 is 17.5 Å². The minimum Gasteiger partial charge on any atom is -0.494 e. The Morgan fingerprint density at radius 3 is 2.40 bits per heavy atom. The quantitative estimate of drug-likeness (QED) is 0.771. The number of anilines is 1. The summed E-state index contributed by atoms with van der Waals surface area (Å²) >= 11 is 0. The fourth-order valence-electron chi connectivity index (χ4n) is 3.77. The van der Waals surface area contributed by atoms with Crippen molar-refractivity contribution in [2.24, 2.45) is 0 Å². The number of aryl methyl sites for hydroxylation is 2. The second kappa shape index (κ2) is 9.65. The number of carbonyl (C=O) groups excluding carboxylic acids is 2. The maximum absolute atomic E-state index is 12.7. The van der Waals surface area contributed by atoms with Gasteiger partial charge < -0.3 is 19.9 Å². The minimum atomic E-state index is -0.574. The van der Waals surface area contributed by atoms with Gasteiger partial charge >= 0.3 is 11.8 Å². The minimum absolute atomic E-state index is 0.323. The zero-order valence-corrected chi connectivity index (χ0v) is 18.3. The van der Waals surface area contributed by atoms with Crippen molar-refractivity contribution in [1.29, 1.82) is 0 Å². The summed E-state index contributed by atoms with van der Waals surface area (Å²) in [4.78, 5) is 29.2. The Hall–Kier alpha value is -3.02. The number of hydrogen-bond donors (Lipinski definition) is 1. The Balaban J connectivity index is 1.59. The van der Waals surface area contributed by atoms with E-state index in [0.717, 1.165) is 22.6 Å². The van der Waals surface area contributed by atoms with E-state index in [1.807, 2.05) is 45.0 Å². The number of nitrogens with one attached hydrogen (secondary N) is 1. The molecular formula is C24H31N3O3. The Morgan fingerprint density at radius 2 is 1.73 bits per heavy atom. The fraction of sp³-hybridized carbons (Fsp3) is 0.417. The Kier molecular flexibility index (Phi) is 6.98. The highest BCUT2D eigenvalue weighted by atomic mass is 16.5. The number of ether oxygens (including phenoxy) is 1. The first-order valence-electron chi connectivity index (χ1n) is 10.5. The molecule has 0 bridgehead atoms. The highest BCUT2D eigenvalue weighted by molar-refractivity contribution is 6.35. The van der Waals surface area contributed by atoms with E-state index in [-0.39, 0.29) is 6.04 Å². The summed E-state index contributed by atoms with van der Waals surface area (Å²) in [5.74, 6) is -0.318. The van der Waals surface area contributed by atoms with Crippen LogP contribution in [0.2, 0.25) is 0 Å². The molecule has 3 rings (SSSR count). The van der Waals surface area contributed by atoms with Gasteiger partial charge in [0.2, 0.25) is 0 Å². The van der Waals surface area contributed by atoms with Gasteiger partial charge in [-0.2, -0.15) is 0 Å². The number of carbonyl (C=O) groups is 2. The lowest BCUT2D eigenvalue weighted by Gasteiger charge is -2.36. The van der Waals surface area contributed by atoms with Crippen LogP contribution in [0.5, 0.6) is 5.75 Å². The summed E-state index contributed by atoms with van der Waals surface area (Å²) in [5, 5.41) is 2.85. The number of nitrogens with zero attached hydrogens (tertiary/aromatic N) is 2. The van der Waals surface area contributed by atoms with E-state index in [9.17, 15) is 9.59 Å². The first-order valence-corrected chi connectivity index (χ1v) is 10.5. The molecule has 1 atom stereocenters. The van der Waals surface area contributed by atoms with Crippen molar-refractivity contribution in [2.75, 3.05) is 37.7 Å². The van der Waals surface area contributed by atoms with E-state index in [1.165, 1.54) is 5.56 Å². The molecule has 2 aromatic carbocycles. The molecule has 0 aliphatic carbocycles. The van der Waals surface area contributed by atoms with Gasteiger partial charge in [-0.15, -0.1) is 0 Å². The van der Waals surface area contributed by atoms with Gasteiger partial charge in [0, 0.05) is 37.4 Å². The average molecular weight is 410 g/mol. The first kappa shape index (κ1) is 21.7. The van der Waals surface area contributed by atoms with Gasteiger partial charge in [-0.25, -0.2) is 0 Å². The van der Waals surface area contributed by atoms with Crippen LogP contribution < -0.4 is 15.0 Å². The molecule has 30 heavy (non-hydrogen) atoms. The topological polar surface area (TPSA) is 61.9 Å². The van der Waals surface area contributed by atoms with Crippen LogP contribution in [0, 0.1) is 13.8 Å². The number of hydrogen-bond acceptors (Lipinski definition) is 4. The van der Waals surface area contributed by atoms with Crippen LogP contribution in [-0.2, 0) is 9.59 Å². The molecule has 6 nitrogen and oxygen atoms in total. The van der Waals surface area contributed by atoms with Crippen LogP contribution in [0.1, 0.15) is 36.6 Å². The molecule has 0 spiro atoms. The van der Waals surface area contributed by atoms with E-state index in [0.29, 0.717) is 32.8 Å². The Bertz CT molecular complexity index is 904. The Labute approximate surface area is 178 Å². The summed E-state index contributed by atoms with van der Waals surface area (Å²) in [6.45, 7) is 10.9. The molecule has 160 valence electrons. The molecule has 1 heterocycles. The van der Waals surface area contributed by atoms with Gasteiger partial charge in [0.25, 0.3) is 0 Å². The fourth-order valence-corrected chi connectivity index (χ4v) is 3.77. The van der Waals surface area contributed by atoms with Crippen LogP contribution in [-0.4, -0.2) is 49.5 Å². The van der Waals surface area contributed by atoms with Crippen LogP contribution in [0.3, 0.4) is 0 Å². The third-order valence-corrected chi connectivity index (χ3v) is 5.41. The molecule has 1 N–H and O–H groups in total. The van der Waals surface area contributed by atoms with Crippen LogP contribution in [0.25, 0.3) is 0 Å². The molecular weight excluding hydrogens is 378 g/mol.